The van der Waals surface area contributed by atoms with Crippen LogP contribution in [-0.4, -0.2) is 35.3 Å². The van der Waals surface area contributed by atoms with Crippen LogP contribution >= 0.6 is 0 Å². The molecule has 0 amide bonds. The van der Waals surface area contributed by atoms with Gasteiger partial charge in [0, 0.05) is 24.0 Å². The molecule has 0 saturated heterocycles. The van der Waals surface area contributed by atoms with Gasteiger partial charge in [0.25, 0.3) is 0 Å². The molecule has 0 fully saturated rings. The van der Waals surface area contributed by atoms with Crippen LogP contribution in [0.2, 0.25) is 0 Å². The summed E-state index contributed by atoms with van der Waals surface area (Å²) in [5.41, 5.74) is -0.648. The van der Waals surface area contributed by atoms with Gasteiger partial charge in [-0.1, -0.05) is 13.2 Å². The van der Waals surface area contributed by atoms with Gasteiger partial charge < -0.3 is 9.47 Å². The van der Waals surface area contributed by atoms with Gasteiger partial charge in [-0.25, -0.2) is 19.4 Å². The third kappa shape index (κ3) is 10.4. The molecule has 26 heavy (non-hydrogen) atoms. The minimum atomic E-state index is -0.677. The fraction of sp³-hybridized carbons (Fsp3) is 0.700. The number of rotatable bonds is 11. The van der Waals surface area contributed by atoms with E-state index in [0.717, 1.165) is 0 Å². The van der Waals surface area contributed by atoms with Crippen molar-refractivity contribution < 1.29 is 28.8 Å². The van der Waals surface area contributed by atoms with E-state index in [4.69, 9.17) is 19.2 Å². The third-order valence-corrected chi connectivity index (χ3v) is 3.36. The van der Waals surface area contributed by atoms with E-state index in [-0.39, 0.29) is 12.2 Å². The predicted molar refractivity (Wildman–Crippen MR) is 100 cm³/mol. The molecule has 0 aromatic carbocycles. The SMILES string of the molecule is C=C(C)C(=O)OC(C)CC(C)(C)OOC(C)(C)CC(C)OC(=O)C(=C)C. The molecule has 0 aliphatic heterocycles. The molecular formula is C20H34O6. The van der Waals surface area contributed by atoms with Crippen LogP contribution < -0.4 is 0 Å². The first-order valence-corrected chi connectivity index (χ1v) is 8.75. The Kier molecular flexibility index (Phi) is 9.25. The maximum Gasteiger partial charge on any atom is 0.333 e. The summed E-state index contributed by atoms with van der Waals surface area (Å²) in [6, 6.07) is 0. The number of carbonyl (C=O) groups excluding carboxylic acids is 2. The van der Waals surface area contributed by atoms with Crippen molar-refractivity contribution in [1.29, 1.82) is 0 Å². The summed E-state index contributed by atoms with van der Waals surface area (Å²) < 4.78 is 10.5. The highest BCUT2D eigenvalue weighted by molar-refractivity contribution is 5.87. The van der Waals surface area contributed by atoms with Crippen LogP contribution in [0.15, 0.2) is 24.3 Å². The van der Waals surface area contributed by atoms with Crippen molar-refractivity contribution in [1.82, 2.24) is 0 Å². The van der Waals surface area contributed by atoms with Crippen LogP contribution in [0, 0.1) is 0 Å². The zero-order valence-electron chi connectivity index (χ0n) is 17.4. The van der Waals surface area contributed by atoms with Crippen molar-refractivity contribution in [2.45, 2.75) is 91.6 Å². The summed E-state index contributed by atoms with van der Waals surface area (Å²) in [6.07, 6.45) is 0.192. The molecule has 6 heteroatoms. The van der Waals surface area contributed by atoms with E-state index >= 15 is 0 Å². The highest BCUT2D eigenvalue weighted by atomic mass is 17.2. The van der Waals surface area contributed by atoms with Gasteiger partial charge in [-0.05, 0) is 55.4 Å². The Morgan fingerprint density at radius 3 is 1.27 bits per heavy atom. The van der Waals surface area contributed by atoms with Crippen LogP contribution in [0.5, 0.6) is 0 Å². The third-order valence-electron chi connectivity index (χ3n) is 3.36. The largest absolute Gasteiger partial charge is 0.459 e. The molecule has 2 atom stereocenters. The minimum absolute atomic E-state index is 0.351. The summed E-state index contributed by atoms with van der Waals surface area (Å²) >= 11 is 0. The molecule has 0 bridgehead atoms. The molecule has 0 heterocycles. The Bertz CT molecular complexity index is 484. The van der Waals surface area contributed by atoms with Crippen molar-refractivity contribution in [3.05, 3.63) is 24.3 Å². The summed E-state index contributed by atoms with van der Waals surface area (Å²) in [4.78, 5) is 34.3. The van der Waals surface area contributed by atoms with E-state index in [9.17, 15) is 9.59 Å². The lowest BCUT2D eigenvalue weighted by molar-refractivity contribution is -0.406. The van der Waals surface area contributed by atoms with Gasteiger partial charge in [-0.15, -0.1) is 0 Å². The van der Waals surface area contributed by atoms with E-state index in [1.54, 1.807) is 27.7 Å². The van der Waals surface area contributed by atoms with Crippen LogP contribution in [0.1, 0.15) is 68.2 Å². The minimum Gasteiger partial charge on any atom is -0.459 e. The normalized spacial score (nSPS) is 14.3. The number of carbonyl (C=O) groups is 2. The fourth-order valence-electron chi connectivity index (χ4n) is 2.33. The van der Waals surface area contributed by atoms with Gasteiger partial charge in [-0.3, -0.25) is 0 Å². The second-order valence-corrected chi connectivity index (χ2v) is 8.09. The summed E-state index contributed by atoms with van der Waals surface area (Å²) in [7, 11) is 0. The molecule has 0 rings (SSSR count). The maximum absolute atomic E-state index is 11.6. The lowest BCUT2D eigenvalue weighted by atomic mass is 10.0. The quantitative estimate of drug-likeness (QED) is 0.234. The molecule has 0 aromatic heterocycles. The molecule has 150 valence electrons. The fourth-order valence-corrected chi connectivity index (χ4v) is 2.33. The Labute approximate surface area is 157 Å². The molecule has 0 aromatic rings. The van der Waals surface area contributed by atoms with Gasteiger partial charge in [0.05, 0.1) is 0 Å². The Hall–Kier alpha value is -1.66. The van der Waals surface area contributed by atoms with Crippen molar-refractivity contribution in [2.75, 3.05) is 0 Å². The molecule has 0 aliphatic carbocycles. The van der Waals surface area contributed by atoms with Gasteiger partial charge in [0.1, 0.15) is 23.4 Å². The average Bonchev–Trinajstić information content (AvgIpc) is 2.43. The van der Waals surface area contributed by atoms with Crippen LogP contribution in [0.3, 0.4) is 0 Å². The van der Waals surface area contributed by atoms with E-state index in [1.807, 2.05) is 27.7 Å². The Morgan fingerprint density at radius 1 is 0.769 bits per heavy atom. The molecule has 0 radical (unpaired) electrons. The summed E-state index contributed by atoms with van der Waals surface area (Å²) in [5, 5.41) is 0. The van der Waals surface area contributed by atoms with Gasteiger partial charge in [0.2, 0.25) is 0 Å². The summed E-state index contributed by atoms with van der Waals surface area (Å²) in [5.74, 6) is -0.856. The predicted octanol–water partition coefficient (Wildman–Crippen LogP) is 4.29. The number of ether oxygens (including phenoxy) is 2. The van der Waals surface area contributed by atoms with Crippen molar-refractivity contribution in [3.63, 3.8) is 0 Å². The van der Waals surface area contributed by atoms with Crippen molar-refractivity contribution in [3.8, 4) is 0 Å². The molecule has 0 aliphatic rings. The van der Waals surface area contributed by atoms with Crippen LogP contribution in [-0.2, 0) is 28.8 Å². The van der Waals surface area contributed by atoms with E-state index in [0.29, 0.717) is 24.0 Å². The Morgan fingerprint density at radius 2 is 1.04 bits per heavy atom. The van der Waals surface area contributed by atoms with Crippen LogP contribution in [0.25, 0.3) is 0 Å². The number of esters is 2. The lowest BCUT2D eigenvalue weighted by Gasteiger charge is -2.33. The molecule has 2 unspecified atom stereocenters. The van der Waals surface area contributed by atoms with E-state index < -0.39 is 23.1 Å². The zero-order chi connectivity index (χ0) is 20.7. The molecule has 6 nitrogen and oxygen atoms in total. The highest BCUT2D eigenvalue weighted by Crippen LogP contribution is 2.26. The van der Waals surface area contributed by atoms with E-state index in [2.05, 4.69) is 13.2 Å². The smallest absolute Gasteiger partial charge is 0.333 e. The second-order valence-electron chi connectivity index (χ2n) is 8.09. The monoisotopic (exact) mass is 370 g/mol. The maximum atomic E-state index is 11.6. The van der Waals surface area contributed by atoms with Gasteiger partial charge in [-0.2, -0.15) is 0 Å². The molecule has 0 saturated carbocycles. The van der Waals surface area contributed by atoms with Gasteiger partial charge >= 0.3 is 11.9 Å². The molecule has 0 spiro atoms. The Balaban J connectivity index is 4.53. The first kappa shape index (κ1) is 24.3. The molecule has 0 N–H and O–H groups in total. The first-order chi connectivity index (χ1) is 11.6. The topological polar surface area (TPSA) is 71.1 Å². The van der Waals surface area contributed by atoms with Crippen molar-refractivity contribution >= 4 is 11.9 Å². The average molecular weight is 370 g/mol. The summed E-state index contributed by atoms with van der Waals surface area (Å²) in [6.45, 7) is 21.3. The standard InChI is InChI=1S/C20H34O6/c1-13(2)17(21)23-15(5)11-19(7,8)25-26-20(9,10)12-16(6)24-18(22)14(3)4/h15-16H,1,3,11-12H2,2,4-10H3. The zero-order valence-corrected chi connectivity index (χ0v) is 17.4. The highest BCUT2D eigenvalue weighted by Gasteiger charge is 2.31. The number of hydrogen-bond acceptors (Lipinski definition) is 6. The van der Waals surface area contributed by atoms with Crippen LogP contribution in [0.4, 0.5) is 0 Å². The van der Waals surface area contributed by atoms with E-state index in [1.165, 1.54) is 0 Å². The first-order valence-electron chi connectivity index (χ1n) is 8.75. The van der Waals surface area contributed by atoms with Gasteiger partial charge in [0.15, 0.2) is 0 Å². The molecular weight excluding hydrogens is 336 g/mol. The van der Waals surface area contributed by atoms with Crippen molar-refractivity contribution in [2.24, 2.45) is 0 Å². The number of hydrogen-bond donors (Lipinski definition) is 0. The lowest BCUT2D eigenvalue weighted by Crippen LogP contribution is -2.37. The second kappa shape index (κ2) is 9.88.